The number of ether oxygens (including phenoxy) is 1. The molecule has 3 aromatic heterocycles. The van der Waals surface area contributed by atoms with Crippen LogP contribution in [0.25, 0.3) is 9.88 Å². The first-order chi connectivity index (χ1) is 11.8. The lowest BCUT2D eigenvalue weighted by Gasteiger charge is -2.21. The number of methoxy groups -OCH3 is 1. The van der Waals surface area contributed by atoms with Gasteiger partial charge in [0.05, 0.1) is 36.4 Å². The Morgan fingerprint density at radius 1 is 1.33 bits per heavy atom. The van der Waals surface area contributed by atoms with Gasteiger partial charge < -0.3 is 14.1 Å². The predicted molar refractivity (Wildman–Crippen MR) is 95.1 cm³/mol. The van der Waals surface area contributed by atoms with Crippen molar-refractivity contribution in [1.29, 1.82) is 0 Å². The SMILES string of the molecule is COCCN(Cc1ccco1)C(=O)Cc1csc(-c2cccs2)n1. The molecule has 0 fully saturated rings. The summed E-state index contributed by atoms with van der Waals surface area (Å²) < 4.78 is 10.5. The molecule has 0 aliphatic rings. The minimum Gasteiger partial charge on any atom is -0.467 e. The van der Waals surface area contributed by atoms with E-state index in [-0.39, 0.29) is 12.3 Å². The van der Waals surface area contributed by atoms with Gasteiger partial charge in [0, 0.05) is 19.0 Å². The van der Waals surface area contributed by atoms with Crippen molar-refractivity contribution < 1.29 is 13.9 Å². The van der Waals surface area contributed by atoms with E-state index in [9.17, 15) is 4.79 Å². The van der Waals surface area contributed by atoms with Crippen LogP contribution >= 0.6 is 22.7 Å². The first kappa shape index (κ1) is 16.9. The largest absolute Gasteiger partial charge is 0.467 e. The molecule has 126 valence electrons. The molecule has 0 radical (unpaired) electrons. The molecule has 0 aliphatic carbocycles. The van der Waals surface area contributed by atoms with E-state index in [1.54, 1.807) is 40.9 Å². The molecule has 0 spiro atoms. The Kier molecular flexibility index (Phi) is 5.79. The second-order valence-electron chi connectivity index (χ2n) is 5.19. The first-order valence-corrected chi connectivity index (χ1v) is 9.29. The smallest absolute Gasteiger partial charge is 0.229 e. The molecule has 1 amide bonds. The van der Waals surface area contributed by atoms with Crippen LogP contribution in [0, 0.1) is 0 Å². The monoisotopic (exact) mass is 362 g/mol. The van der Waals surface area contributed by atoms with E-state index in [1.807, 2.05) is 35.0 Å². The normalized spacial score (nSPS) is 10.9. The molecule has 7 heteroatoms. The van der Waals surface area contributed by atoms with Crippen molar-refractivity contribution >= 4 is 28.6 Å². The van der Waals surface area contributed by atoms with Crippen molar-refractivity contribution in [2.24, 2.45) is 0 Å². The third kappa shape index (κ3) is 4.31. The minimum atomic E-state index is 0.0199. The zero-order chi connectivity index (χ0) is 16.8. The second-order valence-corrected chi connectivity index (χ2v) is 6.99. The summed E-state index contributed by atoms with van der Waals surface area (Å²) in [5.74, 6) is 0.781. The van der Waals surface area contributed by atoms with Gasteiger partial charge in [-0.2, -0.15) is 0 Å². The van der Waals surface area contributed by atoms with Gasteiger partial charge >= 0.3 is 0 Å². The molecular formula is C17H18N2O3S2. The Hall–Kier alpha value is -1.96. The van der Waals surface area contributed by atoms with Crippen molar-refractivity contribution in [3.05, 3.63) is 52.7 Å². The average Bonchev–Trinajstić information content (AvgIpc) is 3.31. The molecule has 24 heavy (non-hydrogen) atoms. The van der Waals surface area contributed by atoms with Gasteiger partial charge in [0.2, 0.25) is 5.91 Å². The van der Waals surface area contributed by atoms with Crippen LogP contribution in [-0.2, 0) is 22.5 Å². The maximum atomic E-state index is 12.6. The van der Waals surface area contributed by atoms with Crippen molar-refractivity contribution in [2.75, 3.05) is 20.3 Å². The fraction of sp³-hybridized carbons (Fsp3) is 0.294. The fourth-order valence-corrected chi connectivity index (χ4v) is 3.89. The molecule has 0 unspecified atom stereocenters. The van der Waals surface area contributed by atoms with Crippen LogP contribution < -0.4 is 0 Å². The van der Waals surface area contributed by atoms with E-state index in [2.05, 4.69) is 4.98 Å². The Labute approximate surface area is 148 Å². The average molecular weight is 362 g/mol. The lowest BCUT2D eigenvalue weighted by Crippen LogP contribution is -2.34. The summed E-state index contributed by atoms with van der Waals surface area (Å²) in [6.45, 7) is 1.46. The Balaban J connectivity index is 1.66. The number of rotatable bonds is 8. The Morgan fingerprint density at radius 3 is 2.96 bits per heavy atom. The number of amides is 1. The van der Waals surface area contributed by atoms with E-state index in [1.165, 1.54) is 0 Å². The molecule has 3 heterocycles. The van der Waals surface area contributed by atoms with Crippen molar-refractivity contribution in [1.82, 2.24) is 9.88 Å². The van der Waals surface area contributed by atoms with Crippen molar-refractivity contribution in [3.8, 4) is 9.88 Å². The molecule has 3 aromatic rings. The molecule has 0 bridgehead atoms. The minimum absolute atomic E-state index is 0.0199. The fourth-order valence-electron chi connectivity index (χ4n) is 2.25. The van der Waals surface area contributed by atoms with Crippen LogP contribution in [0.4, 0.5) is 0 Å². The molecule has 3 rings (SSSR count). The van der Waals surface area contributed by atoms with Gasteiger partial charge in [-0.25, -0.2) is 4.98 Å². The number of carbonyl (C=O) groups is 1. The van der Waals surface area contributed by atoms with Crippen LogP contribution in [-0.4, -0.2) is 36.1 Å². The molecule has 0 N–H and O–H groups in total. The number of aromatic nitrogens is 1. The number of hydrogen-bond acceptors (Lipinski definition) is 6. The van der Waals surface area contributed by atoms with Gasteiger partial charge in [0.1, 0.15) is 10.8 Å². The number of thiophene rings is 1. The van der Waals surface area contributed by atoms with Gasteiger partial charge in [-0.1, -0.05) is 6.07 Å². The lowest BCUT2D eigenvalue weighted by molar-refractivity contribution is -0.132. The molecule has 0 saturated carbocycles. The number of furan rings is 1. The highest BCUT2D eigenvalue weighted by molar-refractivity contribution is 7.20. The van der Waals surface area contributed by atoms with Gasteiger partial charge in [-0.15, -0.1) is 22.7 Å². The zero-order valence-corrected chi connectivity index (χ0v) is 14.9. The number of nitrogens with zero attached hydrogens (tertiary/aromatic N) is 2. The van der Waals surface area contributed by atoms with E-state index in [0.29, 0.717) is 19.7 Å². The molecule has 0 aliphatic heterocycles. The first-order valence-electron chi connectivity index (χ1n) is 7.53. The maximum absolute atomic E-state index is 12.6. The molecule has 0 atom stereocenters. The van der Waals surface area contributed by atoms with Gasteiger partial charge in [0.25, 0.3) is 0 Å². The lowest BCUT2D eigenvalue weighted by atomic mass is 10.2. The summed E-state index contributed by atoms with van der Waals surface area (Å²) in [7, 11) is 1.63. The number of carbonyl (C=O) groups excluding carboxylic acids is 1. The summed E-state index contributed by atoms with van der Waals surface area (Å²) >= 11 is 3.22. The van der Waals surface area contributed by atoms with E-state index in [0.717, 1.165) is 21.3 Å². The van der Waals surface area contributed by atoms with Crippen LogP contribution in [0.2, 0.25) is 0 Å². The quantitative estimate of drug-likeness (QED) is 0.613. The highest BCUT2D eigenvalue weighted by atomic mass is 32.1. The third-order valence-electron chi connectivity index (χ3n) is 3.46. The Morgan fingerprint density at radius 2 is 2.25 bits per heavy atom. The maximum Gasteiger partial charge on any atom is 0.229 e. The van der Waals surface area contributed by atoms with Gasteiger partial charge in [-0.3, -0.25) is 4.79 Å². The van der Waals surface area contributed by atoms with Crippen LogP contribution in [0.15, 0.2) is 45.7 Å². The third-order valence-corrected chi connectivity index (χ3v) is 5.39. The predicted octanol–water partition coefficient (Wildman–Crippen LogP) is 3.68. The van der Waals surface area contributed by atoms with Crippen LogP contribution in [0.1, 0.15) is 11.5 Å². The summed E-state index contributed by atoms with van der Waals surface area (Å²) in [6, 6.07) is 7.73. The highest BCUT2D eigenvalue weighted by Gasteiger charge is 2.17. The van der Waals surface area contributed by atoms with E-state index < -0.39 is 0 Å². The van der Waals surface area contributed by atoms with Crippen LogP contribution in [0.3, 0.4) is 0 Å². The van der Waals surface area contributed by atoms with Crippen LogP contribution in [0.5, 0.6) is 0 Å². The summed E-state index contributed by atoms with van der Waals surface area (Å²) in [5.41, 5.74) is 0.801. The molecule has 5 nitrogen and oxygen atoms in total. The van der Waals surface area contributed by atoms with Gasteiger partial charge in [-0.05, 0) is 23.6 Å². The molecule has 0 saturated heterocycles. The zero-order valence-electron chi connectivity index (χ0n) is 13.3. The van der Waals surface area contributed by atoms with Crippen molar-refractivity contribution in [3.63, 3.8) is 0 Å². The standard InChI is InChI=1S/C17H18N2O3S2/c1-21-8-6-19(11-14-4-2-7-22-14)16(20)10-13-12-24-17(18-13)15-5-3-9-23-15/h2-5,7,9,12H,6,8,10-11H2,1H3. The van der Waals surface area contributed by atoms with Crippen molar-refractivity contribution in [2.45, 2.75) is 13.0 Å². The Bertz CT molecular complexity index is 751. The summed E-state index contributed by atoms with van der Waals surface area (Å²) in [6.07, 6.45) is 1.90. The number of hydrogen-bond donors (Lipinski definition) is 0. The van der Waals surface area contributed by atoms with E-state index in [4.69, 9.17) is 9.15 Å². The summed E-state index contributed by atoms with van der Waals surface area (Å²) in [5, 5.41) is 4.94. The molecule has 0 aromatic carbocycles. The van der Waals surface area contributed by atoms with E-state index >= 15 is 0 Å². The molecular weight excluding hydrogens is 344 g/mol. The van der Waals surface area contributed by atoms with Gasteiger partial charge in [0.15, 0.2) is 0 Å². The summed E-state index contributed by atoms with van der Waals surface area (Å²) in [4.78, 5) is 20.1. The number of thiazole rings is 1. The topological polar surface area (TPSA) is 55.6 Å². The highest BCUT2D eigenvalue weighted by Crippen LogP contribution is 2.28. The second kappa shape index (κ2) is 8.23.